The number of carbonyl (C=O) groups excluding carboxylic acids is 3. The summed E-state index contributed by atoms with van der Waals surface area (Å²) in [6.07, 6.45) is 1.04. The van der Waals surface area contributed by atoms with Crippen LogP contribution in [0.25, 0.3) is 0 Å². The van der Waals surface area contributed by atoms with Crippen LogP contribution in [0.5, 0.6) is 5.75 Å². The molecule has 10 heteroatoms. The van der Waals surface area contributed by atoms with Crippen molar-refractivity contribution in [2.75, 3.05) is 18.2 Å². The van der Waals surface area contributed by atoms with Crippen molar-refractivity contribution >= 4 is 51.9 Å². The molecule has 0 aliphatic rings. The topological polar surface area (TPSA) is 140 Å². The van der Waals surface area contributed by atoms with Crippen molar-refractivity contribution < 1.29 is 29.0 Å². The number of alkyl carbamates (subject to hydrolysis) is 1. The molecule has 0 saturated carbocycles. The van der Waals surface area contributed by atoms with Crippen molar-refractivity contribution in [1.29, 1.82) is 0 Å². The van der Waals surface area contributed by atoms with Crippen molar-refractivity contribution in [3.63, 3.8) is 0 Å². The molecule has 0 radical (unpaired) electrons. The van der Waals surface area contributed by atoms with Gasteiger partial charge >= 0.3 is 6.09 Å². The number of allylic oxidation sites excluding steroid dienone is 1. The van der Waals surface area contributed by atoms with Gasteiger partial charge in [-0.3, -0.25) is 14.9 Å². The molecule has 3 aromatic carbocycles. The van der Waals surface area contributed by atoms with Gasteiger partial charge in [0.1, 0.15) is 5.75 Å². The second-order valence-corrected chi connectivity index (χ2v) is 9.43. The third kappa shape index (κ3) is 8.32. The van der Waals surface area contributed by atoms with Crippen LogP contribution in [0.4, 0.5) is 16.2 Å². The Labute approximate surface area is 234 Å². The van der Waals surface area contributed by atoms with Crippen molar-refractivity contribution in [3.05, 3.63) is 99.6 Å². The van der Waals surface area contributed by atoms with Crippen LogP contribution in [0.3, 0.4) is 0 Å². The average molecular weight is 629 g/mol. The molecule has 9 nitrogen and oxygen atoms in total. The number of nitrogen functional groups attached to an aromatic ring is 1. The number of nitrogens with one attached hydrogen (secondary N) is 2. The second kappa shape index (κ2) is 14.1. The number of para-hydroxylation sites is 2. The lowest BCUT2D eigenvalue weighted by molar-refractivity contribution is -0.111. The van der Waals surface area contributed by atoms with E-state index in [1.807, 2.05) is 0 Å². The zero-order valence-corrected chi connectivity index (χ0v) is 22.8. The van der Waals surface area contributed by atoms with Crippen LogP contribution in [0.2, 0.25) is 0 Å². The van der Waals surface area contributed by atoms with Gasteiger partial charge in [-0.15, -0.1) is 0 Å². The van der Waals surface area contributed by atoms with Gasteiger partial charge in [-0.1, -0.05) is 36.4 Å². The van der Waals surface area contributed by atoms with Gasteiger partial charge in [0.15, 0.2) is 6.10 Å². The SMILES string of the molecule is CO[C@H](CC/C=C/C(=O)Nc1ccccc1N)[C@H](OC(=O)NC(=O)c1ccccc1)c1cc(I)ccc1O. The minimum absolute atomic E-state index is 0.0879. The maximum Gasteiger partial charge on any atom is 0.414 e. The van der Waals surface area contributed by atoms with Gasteiger partial charge in [-0.05, 0) is 84.0 Å². The Hall–Kier alpha value is -3.90. The van der Waals surface area contributed by atoms with Crippen LogP contribution < -0.4 is 16.4 Å². The zero-order chi connectivity index (χ0) is 27.5. The molecule has 0 aliphatic heterocycles. The number of anilines is 2. The lowest BCUT2D eigenvalue weighted by Gasteiger charge is -2.27. The van der Waals surface area contributed by atoms with E-state index in [2.05, 4.69) is 33.2 Å². The average Bonchev–Trinajstić information content (AvgIpc) is 2.91. The Morgan fingerprint density at radius 1 is 1.05 bits per heavy atom. The highest BCUT2D eigenvalue weighted by Gasteiger charge is 2.30. The lowest BCUT2D eigenvalue weighted by Crippen LogP contribution is -2.35. The number of imide groups is 1. The third-order valence-corrected chi connectivity index (χ3v) is 6.20. The summed E-state index contributed by atoms with van der Waals surface area (Å²) in [6, 6.07) is 20.0. The standard InChI is InChI=1S/C28H28IN3O6/c1-37-24(13-7-8-14-25(34)31-22-12-6-5-11-21(22)30)26(20-17-19(29)15-16-23(20)33)38-28(36)32-27(35)18-9-3-2-4-10-18/h2-6,8-12,14-17,24,26,33H,7,13,30H2,1H3,(H,31,34)(H,32,35,36)/b14-8+/t24-,26-/m1/s1. The van der Waals surface area contributed by atoms with Crippen LogP contribution in [0.15, 0.2) is 84.9 Å². The predicted molar refractivity (Wildman–Crippen MR) is 153 cm³/mol. The molecule has 38 heavy (non-hydrogen) atoms. The number of rotatable bonds is 10. The number of phenolic OH excluding ortho intramolecular Hbond substituents is 1. The first-order chi connectivity index (χ1) is 18.3. The molecule has 3 amide bonds. The largest absolute Gasteiger partial charge is 0.508 e. The summed E-state index contributed by atoms with van der Waals surface area (Å²) in [5.74, 6) is -1.06. The maximum absolute atomic E-state index is 12.7. The summed E-state index contributed by atoms with van der Waals surface area (Å²) in [5, 5.41) is 15.4. The number of carbonyl (C=O) groups is 3. The molecule has 3 rings (SSSR count). The van der Waals surface area contributed by atoms with Gasteiger partial charge in [-0.2, -0.15) is 0 Å². The summed E-state index contributed by atoms with van der Waals surface area (Å²) < 4.78 is 12.0. The second-order valence-electron chi connectivity index (χ2n) is 8.18. The normalized spacial score (nSPS) is 12.5. The number of benzene rings is 3. The summed E-state index contributed by atoms with van der Waals surface area (Å²) in [4.78, 5) is 37.3. The van der Waals surface area contributed by atoms with Gasteiger partial charge in [-0.25, -0.2) is 4.79 Å². The Bertz CT molecular complexity index is 1300. The number of halogens is 1. The van der Waals surface area contributed by atoms with Gasteiger partial charge in [0.2, 0.25) is 5.91 Å². The molecular weight excluding hydrogens is 601 g/mol. The molecule has 0 fully saturated rings. The van der Waals surface area contributed by atoms with E-state index in [4.69, 9.17) is 15.2 Å². The lowest BCUT2D eigenvalue weighted by atomic mass is 9.99. The molecule has 0 heterocycles. The number of hydrogen-bond donors (Lipinski definition) is 4. The van der Waals surface area contributed by atoms with E-state index in [1.54, 1.807) is 72.8 Å². The smallest absolute Gasteiger partial charge is 0.414 e. The monoisotopic (exact) mass is 629 g/mol. The van der Waals surface area contributed by atoms with Crippen LogP contribution in [-0.4, -0.2) is 36.2 Å². The zero-order valence-electron chi connectivity index (χ0n) is 20.6. The molecule has 0 spiro atoms. The number of ether oxygens (including phenoxy) is 2. The first kappa shape index (κ1) is 28.7. The molecule has 0 aliphatic carbocycles. The van der Waals surface area contributed by atoms with E-state index in [9.17, 15) is 19.5 Å². The van der Waals surface area contributed by atoms with Crippen molar-refractivity contribution in [1.82, 2.24) is 5.32 Å². The third-order valence-electron chi connectivity index (χ3n) is 5.53. The summed E-state index contributed by atoms with van der Waals surface area (Å²) in [6.45, 7) is 0. The first-order valence-electron chi connectivity index (χ1n) is 11.7. The van der Waals surface area contributed by atoms with Crippen LogP contribution >= 0.6 is 22.6 Å². The number of aromatic hydroxyl groups is 1. The minimum Gasteiger partial charge on any atom is -0.508 e. The summed E-state index contributed by atoms with van der Waals surface area (Å²) in [5.41, 5.74) is 7.44. The molecule has 198 valence electrons. The first-order valence-corrected chi connectivity index (χ1v) is 12.8. The minimum atomic E-state index is -1.04. The summed E-state index contributed by atoms with van der Waals surface area (Å²) in [7, 11) is 1.45. The molecule has 0 unspecified atom stereocenters. The van der Waals surface area contributed by atoms with E-state index >= 15 is 0 Å². The van der Waals surface area contributed by atoms with Gasteiger partial charge in [0.25, 0.3) is 5.91 Å². The Morgan fingerprint density at radius 2 is 1.76 bits per heavy atom. The fourth-order valence-corrected chi connectivity index (χ4v) is 4.14. The molecule has 0 bridgehead atoms. The highest BCUT2D eigenvalue weighted by Crippen LogP contribution is 2.34. The highest BCUT2D eigenvalue weighted by molar-refractivity contribution is 14.1. The number of phenols is 1. The van der Waals surface area contributed by atoms with Gasteiger partial charge < -0.3 is 25.6 Å². The Balaban J connectivity index is 1.69. The van der Waals surface area contributed by atoms with Crippen LogP contribution in [0, 0.1) is 3.57 Å². The van der Waals surface area contributed by atoms with Crippen molar-refractivity contribution in [2.45, 2.75) is 25.0 Å². The summed E-state index contributed by atoms with van der Waals surface area (Å²) >= 11 is 2.08. The van der Waals surface area contributed by atoms with E-state index in [1.165, 1.54) is 19.3 Å². The molecule has 0 saturated heterocycles. The number of amides is 3. The number of hydrogen-bond acceptors (Lipinski definition) is 7. The fourth-order valence-electron chi connectivity index (χ4n) is 3.62. The predicted octanol–water partition coefficient (Wildman–Crippen LogP) is 5.18. The van der Waals surface area contributed by atoms with Crippen molar-refractivity contribution in [2.24, 2.45) is 0 Å². The number of methoxy groups -OCH3 is 1. The molecule has 2 atom stereocenters. The molecular formula is C28H28IN3O6. The quantitative estimate of drug-likeness (QED) is 0.138. The van der Waals surface area contributed by atoms with E-state index in [0.29, 0.717) is 35.3 Å². The van der Waals surface area contributed by atoms with E-state index in [0.717, 1.165) is 3.57 Å². The molecule has 0 aromatic heterocycles. The fraction of sp³-hybridized carbons (Fsp3) is 0.179. The Morgan fingerprint density at radius 3 is 2.47 bits per heavy atom. The van der Waals surface area contributed by atoms with E-state index in [-0.39, 0.29) is 11.7 Å². The van der Waals surface area contributed by atoms with E-state index < -0.39 is 24.2 Å². The Kier molecular flexibility index (Phi) is 10.7. The van der Waals surface area contributed by atoms with Gasteiger partial charge in [0.05, 0.1) is 17.5 Å². The molecule has 3 aromatic rings. The highest BCUT2D eigenvalue weighted by atomic mass is 127. The van der Waals surface area contributed by atoms with Crippen LogP contribution in [-0.2, 0) is 14.3 Å². The van der Waals surface area contributed by atoms with Crippen LogP contribution in [0.1, 0.15) is 34.9 Å². The number of nitrogens with two attached hydrogens (primary N) is 1. The molecule has 5 N–H and O–H groups in total. The van der Waals surface area contributed by atoms with Gasteiger partial charge in [0, 0.05) is 21.8 Å². The maximum atomic E-state index is 12.7. The van der Waals surface area contributed by atoms with Crippen molar-refractivity contribution in [3.8, 4) is 5.75 Å².